The van der Waals surface area contributed by atoms with Gasteiger partial charge in [-0.15, -0.1) is 22.7 Å². The highest BCUT2D eigenvalue weighted by molar-refractivity contribution is 7.22. The van der Waals surface area contributed by atoms with Crippen LogP contribution in [0.1, 0.15) is 42.4 Å². The third-order valence-corrected chi connectivity index (χ3v) is 5.41. The van der Waals surface area contributed by atoms with Crippen molar-refractivity contribution in [1.82, 2.24) is 0 Å². The third kappa shape index (κ3) is 3.67. The Morgan fingerprint density at radius 1 is 0.889 bits per heavy atom. The van der Waals surface area contributed by atoms with Crippen LogP contribution in [0, 0.1) is 0 Å². The third-order valence-electron chi connectivity index (χ3n) is 3.00. The standard InChI is InChI=1S/C15H20OS2/c1-2-3-4-5-6-12-7-9-14(17-12)15-10-8-13(11-16)18-15/h7-10,16H,2-6,11H2,1H3. The molecule has 0 bridgehead atoms. The van der Waals surface area contributed by atoms with Crippen LogP contribution in [-0.4, -0.2) is 5.11 Å². The lowest BCUT2D eigenvalue weighted by Crippen LogP contribution is -1.80. The van der Waals surface area contributed by atoms with Gasteiger partial charge in [-0.05, 0) is 37.1 Å². The minimum Gasteiger partial charge on any atom is -0.391 e. The number of rotatable bonds is 7. The summed E-state index contributed by atoms with van der Waals surface area (Å²) in [4.78, 5) is 5.15. The SMILES string of the molecule is CCCCCCc1ccc(-c2ccc(CO)s2)s1. The van der Waals surface area contributed by atoms with Crippen LogP contribution in [0.2, 0.25) is 0 Å². The number of hydrogen-bond acceptors (Lipinski definition) is 3. The van der Waals surface area contributed by atoms with Crippen molar-refractivity contribution in [2.24, 2.45) is 0 Å². The Kier molecular flexibility index (Phi) is 5.42. The van der Waals surface area contributed by atoms with Gasteiger partial charge in [0.05, 0.1) is 6.61 Å². The summed E-state index contributed by atoms with van der Waals surface area (Å²) in [5.74, 6) is 0. The van der Waals surface area contributed by atoms with Gasteiger partial charge in [0.25, 0.3) is 0 Å². The molecular weight excluding hydrogens is 260 g/mol. The fraction of sp³-hybridized carbons (Fsp3) is 0.467. The Morgan fingerprint density at radius 3 is 2.17 bits per heavy atom. The molecule has 3 heteroatoms. The normalized spacial score (nSPS) is 11.0. The van der Waals surface area contributed by atoms with E-state index in [9.17, 15) is 0 Å². The van der Waals surface area contributed by atoms with E-state index in [0.29, 0.717) is 0 Å². The first-order valence-corrected chi connectivity index (χ1v) is 8.25. The first kappa shape index (κ1) is 13.8. The van der Waals surface area contributed by atoms with E-state index in [1.807, 2.05) is 17.4 Å². The Labute approximate surface area is 117 Å². The molecule has 0 aliphatic rings. The molecule has 2 heterocycles. The summed E-state index contributed by atoms with van der Waals surface area (Å²) in [6, 6.07) is 8.60. The quantitative estimate of drug-likeness (QED) is 0.700. The molecule has 2 rings (SSSR count). The minimum atomic E-state index is 0.153. The smallest absolute Gasteiger partial charge is 0.0774 e. The Morgan fingerprint density at radius 2 is 1.56 bits per heavy atom. The lowest BCUT2D eigenvalue weighted by molar-refractivity contribution is 0.285. The average molecular weight is 280 g/mol. The summed E-state index contributed by atoms with van der Waals surface area (Å²) in [5.41, 5.74) is 0. The van der Waals surface area contributed by atoms with Crippen LogP contribution in [0.15, 0.2) is 24.3 Å². The van der Waals surface area contributed by atoms with E-state index in [1.54, 1.807) is 11.3 Å². The number of thiophene rings is 2. The van der Waals surface area contributed by atoms with Crippen molar-refractivity contribution in [2.45, 2.75) is 45.6 Å². The van der Waals surface area contributed by atoms with Gasteiger partial charge < -0.3 is 5.11 Å². The summed E-state index contributed by atoms with van der Waals surface area (Å²) >= 11 is 3.59. The molecule has 2 aromatic rings. The second kappa shape index (κ2) is 7.07. The van der Waals surface area contributed by atoms with Crippen LogP contribution < -0.4 is 0 Å². The van der Waals surface area contributed by atoms with Gasteiger partial charge in [-0.1, -0.05) is 26.2 Å². The van der Waals surface area contributed by atoms with Crippen LogP contribution in [0.5, 0.6) is 0 Å². The van der Waals surface area contributed by atoms with Crippen molar-refractivity contribution in [1.29, 1.82) is 0 Å². The first-order valence-electron chi connectivity index (χ1n) is 6.62. The number of aryl methyl sites for hydroxylation is 1. The fourth-order valence-electron chi connectivity index (χ4n) is 1.97. The zero-order chi connectivity index (χ0) is 12.8. The van der Waals surface area contributed by atoms with E-state index in [1.165, 1.54) is 46.7 Å². The maximum Gasteiger partial charge on any atom is 0.0774 e. The van der Waals surface area contributed by atoms with E-state index < -0.39 is 0 Å². The van der Waals surface area contributed by atoms with Crippen molar-refractivity contribution in [3.63, 3.8) is 0 Å². The minimum absolute atomic E-state index is 0.153. The summed E-state index contributed by atoms with van der Waals surface area (Å²) in [5, 5.41) is 9.08. The highest BCUT2D eigenvalue weighted by Gasteiger charge is 2.05. The molecule has 0 aromatic carbocycles. The number of unbranched alkanes of at least 4 members (excludes halogenated alkanes) is 3. The summed E-state index contributed by atoms with van der Waals surface area (Å²) in [6.07, 6.45) is 6.51. The predicted octanol–water partition coefficient (Wildman–Crippen LogP) is 5.09. The van der Waals surface area contributed by atoms with Crippen molar-refractivity contribution < 1.29 is 5.11 Å². The van der Waals surface area contributed by atoms with Gasteiger partial charge in [0, 0.05) is 19.5 Å². The topological polar surface area (TPSA) is 20.2 Å². The molecule has 0 fully saturated rings. The molecule has 2 aromatic heterocycles. The summed E-state index contributed by atoms with van der Waals surface area (Å²) < 4.78 is 0. The second-order valence-corrected chi connectivity index (χ2v) is 6.84. The van der Waals surface area contributed by atoms with E-state index in [4.69, 9.17) is 5.11 Å². The van der Waals surface area contributed by atoms with Crippen molar-refractivity contribution in [2.75, 3.05) is 0 Å². The van der Waals surface area contributed by atoms with Gasteiger partial charge in [-0.25, -0.2) is 0 Å². The van der Waals surface area contributed by atoms with Gasteiger partial charge >= 0.3 is 0 Å². The van der Waals surface area contributed by atoms with E-state index in [-0.39, 0.29) is 6.61 Å². The maximum atomic E-state index is 9.08. The summed E-state index contributed by atoms with van der Waals surface area (Å²) in [7, 11) is 0. The van der Waals surface area contributed by atoms with Crippen LogP contribution >= 0.6 is 22.7 Å². The molecule has 0 saturated heterocycles. The molecule has 98 valence electrons. The van der Waals surface area contributed by atoms with Crippen molar-refractivity contribution in [3.8, 4) is 9.75 Å². The highest BCUT2D eigenvalue weighted by atomic mass is 32.1. The first-order chi connectivity index (χ1) is 8.83. The van der Waals surface area contributed by atoms with Crippen LogP contribution in [-0.2, 0) is 13.0 Å². The van der Waals surface area contributed by atoms with E-state index in [0.717, 1.165) is 4.88 Å². The molecule has 0 aliphatic heterocycles. The highest BCUT2D eigenvalue weighted by Crippen LogP contribution is 2.34. The number of aliphatic hydroxyl groups excluding tert-OH is 1. The second-order valence-electron chi connectivity index (χ2n) is 4.50. The Bertz CT molecular complexity index is 470. The molecule has 1 N–H and O–H groups in total. The molecule has 0 atom stereocenters. The lowest BCUT2D eigenvalue weighted by Gasteiger charge is -1.96. The molecule has 0 aliphatic carbocycles. The average Bonchev–Trinajstić information content (AvgIpc) is 3.03. The van der Waals surface area contributed by atoms with Gasteiger partial charge in [-0.2, -0.15) is 0 Å². The largest absolute Gasteiger partial charge is 0.391 e. The Hall–Kier alpha value is -0.640. The molecule has 0 saturated carbocycles. The van der Waals surface area contributed by atoms with Crippen molar-refractivity contribution in [3.05, 3.63) is 34.0 Å². The zero-order valence-electron chi connectivity index (χ0n) is 10.8. The molecule has 1 nitrogen and oxygen atoms in total. The van der Waals surface area contributed by atoms with E-state index in [2.05, 4.69) is 25.1 Å². The van der Waals surface area contributed by atoms with Gasteiger partial charge in [-0.3, -0.25) is 0 Å². The van der Waals surface area contributed by atoms with Gasteiger partial charge in [0.15, 0.2) is 0 Å². The van der Waals surface area contributed by atoms with E-state index >= 15 is 0 Å². The van der Waals surface area contributed by atoms with Gasteiger partial charge in [0.1, 0.15) is 0 Å². The van der Waals surface area contributed by atoms with Crippen LogP contribution in [0.4, 0.5) is 0 Å². The molecule has 0 radical (unpaired) electrons. The maximum absolute atomic E-state index is 9.08. The Balaban J connectivity index is 1.93. The summed E-state index contributed by atoms with van der Waals surface area (Å²) in [6.45, 7) is 2.40. The lowest BCUT2D eigenvalue weighted by atomic mass is 10.1. The molecular formula is C15H20OS2. The zero-order valence-corrected chi connectivity index (χ0v) is 12.4. The molecule has 0 amide bonds. The predicted molar refractivity (Wildman–Crippen MR) is 81.4 cm³/mol. The van der Waals surface area contributed by atoms with Crippen LogP contribution in [0.3, 0.4) is 0 Å². The van der Waals surface area contributed by atoms with Crippen LogP contribution in [0.25, 0.3) is 9.75 Å². The monoisotopic (exact) mass is 280 g/mol. The molecule has 18 heavy (non-hydrogen) atoms. The number of aliphatic hydroxyl groups is 1. The van der Waals surface area contributed by atoms with Gasteiger partial charge in [0.2, 0.25) is 0 Å². The fourth-order valence-corrected chi connectivity index (χ4v) is 3.97. The molecule has 0 unspecified atom stereocenters. The number of hydrogen-bond donors (Lipinski definition) is 1. The van der Waals surface area contributed by atoms with Crippen molar-refractivity contribution >= 4 is 22.7 Å². The molecule has 0 spiro atoms.